The molecule has 0 heterocycles. The minimum atomic E-state index is -4.46. The summed E-state index contributed by atoms with van der Waals surface area (Å²) in [5.74, 6) is -0.537. The van der Waals surface area contributed by atoms with Gasteiger partial charge in [-0.2, -0.15) is 0 Å². The topological polar surface area (TPSA) is 111 Å². The first-order chi connectivity index (χ1) is 37.9. The minimum absolute atomic E-state index is 0.0312. The van der Waals surface area contributed by atoms with Gasteiger partial charge in [-0.3, -0.25) is 18.6 Å². The van der Waals surface area contributed by atoms with Crippen molar-refractivity contribution in [3.63, 3.8) is 0 Å². The van der Waals surface area contributed by atoms with Crippen LogP contribution in [0.1, 0.15) is 271 Å². The van der Waals surface area contributed by atoms with Gasteiger partial charge in [-0.1, -0.05) is 247 Å². The number of ether oxygens (including phenoxy) is 1. The van der Waals surface area contributed by atoms with E-state index >= 15 is 0 Å². The molecule has 3 atom stereocenters. The molecule has 0 aliphatic carbocycles. The number of nitrogens with one attached hydrogen (secondary N) is 1. The summed E-state index contributed by atoms with van der Waals surface area (Å²) in [5.41, 5.74) is 0. The predicted molar refractivity (Wildman–Crippen MR) is 337 cm³/mol. The summed E-state index contributed by atoms with van der Waals surface area (Å²) in [4.78, 5) is 37.7. The molecule has 0 aliphatic rings. The zero-order chi connectivity index (χ0) is 57.2. The normalized spacial score (nSPS) is 14.3. The second-order valence-electron chi connectivity index (χ2n) is 22.5. The fourth-order valence-corrected chi connectivity index (χ4v) is 9.56. The molecule has 450 valence electrons. The molecular formula is C68H122N2O7P+. The van der Waals surface area contributed by atoms with Gasteiger partial charge in [0.2, 0.25) is 5.91 Å². The smallest absolute Gasteiger partial charge is 0.456 e. The van der Waals surface area contributed by atoms with Crippen molar-refractivity contribution in [2.45, 2.75) is 283 Å². The number of phosphoric ester groups is 1. The average Bonchev–Trinajstić information content (AvgIpc) is 3.40. The van der Waals surface area contributed by atoms with Crippen LogP contribution in [0.25, 0.3) is 0 Å². The van der Waals surface area contributed by atoms with E-state index in [4.69, 9.17) is 13.8 Å². The summed E-state index contributed by atoms with van der Waals surface area (Å²) in [5, 5.41) is 3.04. The molecule has 10 heteroatoms. The fourth-order valence-electron chi connectivity index (χ4n) is 8.82. The van der Waals surface area contributed by atoms with E-state index in [-0.39, 0.29) is 31.5 Å². The van der Waals surface area contributed by atoms with Crippen LogP contribution in [0.15, 0.2) is 97.2 Å². The van der Waals surface area contributed by atoms with Gasteiger partial charge in [-0.05, 0) is 109 Å². The Labute approximate surface area is 481 Å². The molecular weight excluding hydrogens is 988 g/mol. The number of esters is 1. The molecule has 9 nitrogen and oxygen atoms in total. The first-order valence-corrected chi connectivity index (χ1v) is 33.6. The zero-order valence-electron chi connectivity index (χ0n) is 51.4. The van der Waals surface area contributed by atoms with Crippen LogP contribution in [0.4, 0.5) is 0 Å². The SMILES string of the molecule is CC/C=C/C/C=C/C/C=C/CCCCCCC(=O)NC(COP(=O)(O)OCC[N+](C)(C)C)C(/C=C\CCCCCCCCCCC)OC(=O)CCCCCCCCCCCCC/C=C\C/C=C\C/C=C\C/C=C\CCCCC. The molecule has 3 unspecified atom stereocenters. The summed E-state index contributed by atoms with van der Waals surface area (Å²) in [7, 11) is 1.47. The fraction of sp³-hybridized carbons (Fsp3) is 0.735. The summed E-state index contributed by atoms with van der Waals surface area (Å²) in [6.45, 7) is 6.84. The molecule has 0 saturated heterocycles. The number of hydrogen-bond donors (Lipinski definition) is 2. The van der Waals surface area contributed by atoms with E-state index in [2.05, 4.69) is 111 Å². The highest BCUT2D eigenvalue weighted by molar-refractivity contribution is 7.47. The Kier molecular flexibility index (Phi) is 54.9. The number of nitrogens with zero attached hydrogens (tertiary/aromatic N) is 1. The van der Waals surface area contributed by atoms with E-state index in [1.54, 1.807) is 0 Å². The van der Waals surface area contributed by atoms with Gasteiger partial charge in [-0.25, -0.2) is 4.57 Å². The highest BCUT2D eigenvalue weighted by Gasteiger charge is 2.30. The molecule has 0 saturated carbocycles. The number of unbranched alkanes of at least 4 members (excludes halogenated alkanes) is 27. The van der Waals surface area contributed by atoms with Crippen LogP contribution in [0, 0.1) is 0 Å². The molecule has 0 fully saturated rings. The van der Waals surface area contributed by atoms with Crippen molar-refractivity contribution in [1.29, 1.82) is 0 Å². The summed E-state index contributed by atoms with van der Waals surface area (Å²) < 4.78 is 30.7. The lowest BCUT2D eigenvalue weighted by molar-refractivity contribution is -0.870. The third kappa shape index (κ3) is 57.6. The lowest BCUT2D eigenvalue weighted by Crippen LogP contribution is -2.47. The Hall–Kier alpha value is -3.07. The van der Waals surface area contributed by atoms with Gasteiger partial charge in [0.25, 0.3) is 0 Å². The molecule has 0 spiro atoms. The first kappa shape index (κ1) is 74.9. The Balaban J connectivity index is 5.08. The van der Waals surface area contributed by atoms with Gasteiger partial charge in [0.15, 0.2) is 0 Å². The number of carbonyl (C=O) groups excluding carboxylic acids is 2. The Morgan fingerprint density at radius 2 is 0.821 bits per heavy atom. The van der Waals surface area contributed by atoms with Crippen molar-refractivity contribution < 1.29 is 37.3 Å². The van der Waals surface area contributed by atoms with Crippen LogP contribution in [0.5, 0.6) is 0 Å². The molecule has 0 radical (unpaired) electrons. The molecule has 0 rings (SSSR count). The molecule has 0 bridgehead atoms. The minimum Gasteiger partial charge on any atom is -0.456 e. The summed E-state index contributed by atoms with van der Waals surface area (Å²) in [6, 6.07) is -0.866. The molecule has 78 heavy (non-hydrogen) atoms. The van der Waals surface area contributed by atoms with E-state index in [0.29, 0.717) is 17.4 Å². The lowest BCUT2D eigenvalue weighted by atomic mass is 10.0. The van der Waals surface area contributed by atoms with Crippen LogP contribution in [0.2, 0.25) is 0 Å². The Morgan fingerprint density at radius 1 is 0.462 bits per heavy atom. The number of allylic oxidation sites excluding steroid dienone is 15. The second kappa shape index (κ2) is 57.2. The van der Waals surface area contributed by atoms with E-state index in [0.717, 1.165) is 109 Å². The van der Waals surface area contributed by atoms with Gasteiger partial charge in [-0.15, -0.1) is 0 Å². The van der Waals surface area contributed by atoms with Crippen molar-refractivity contribution in [2.75, 3.05) is 40.9 Å². The molecule has 0 aromatic carbocycles. The number of carbonyl (C=O) groups is 2. The highest BCUT2D eigenvalue weighted by Crippen LogP contribution is 2.43. The quantitative estimate of drug-likeness (QED) is 0.0205. The van der Waals surface area contributed by atoms with E-state index in [1.807, 2.05) is 33.3 Å². The third-order valence-electron chi connectivity index (χ3n) is 13.8. The molecule has 1 amide bonds. The van der Waals surface area contributed by atoms with Crippen LogP contribution >= 0.6 is 7.82 Å². The summed E-state index contributed by atoms with van der Waals surface area (Å²) in [6.07, 6.45) is 77.0. The van der Waals surface area contributed by atoms with Crippen molar-refractivity contribution >= 4 is 19.7 Å². The number of amides is 1. The maximum Gasteiger partial charge on any atom is 0.472 e. The van der Waals surface area contributed by atoms with Crippen molar-refractivity contribution in [2.24, 2.45) is 0 Å². The van der Waals surface area contributed by atoms with E-state index < -0.39 is 20.0 Å². The summed E-state index contributed by atoms with van der Waals surface area (Å²) >= 11 is 0. The largest absolute Gasteiger partial charge is 0.472 e. The van der Waals surface area contributed by atoms with Crippen LogP contribution in [-0.4, -0.2) is 74.3 Å². The maximum absolute atomic E-state index is 13.5. The Morgan fingerprint density at radius 3 is 1.26 bits per heavy atom. The second-order valence-corrected chi connectivity index (χ2v) is 24.0. The molecule has 0 aliphatic heterocycles. The van der Waals surface area contributed by atoms with Gasteiger partial charge in [0.05, 0.1) is 33.8 Å². The van der Waals surface area contributed by atoms with Gasteiger partial charge in [0, 0.05) is 12.8 Å². The monoisotopic (exact) mass is 1110 g/mol. The van der Waals surface area contributed by atoms with Crippen LogP contribution < -0.4 is 5.32 Å². The van der Waals surface area contributed by atoms with Crippen molar-refractivity contribution in [3.05, 3.63) is 97.2 Å². The third-order valence-corrected chi connectivity index (χ3v) is 14.7. The average molecular weight is 1110 g/mol. The number of phosphoric acid groups is 1. The van der Waals surface area contributed by atoms with Gasteiger partial charge in [0.1, 0.15) is 19.3 Å². The maximum atomic E-state index is 13.5. The highest BCUT2D eigenvalue weighted by atomic mass is 31.2. The van der Waals surface area contributed by atoms with Gasteiger partial charge >= 0.3 is 13.8 Å². The number of quaternary nitrogens is 1. The Bertz CT molecular complexity index is 1660. The molecule has 2 N–H and O–H groups in total. The van der Waals surface area contributed by atoms with Crippen molar-refractivity contribution in [3.8, 4) is 0 Å². The zero-order valence-corrected chi connectivity index (χ0v) is 52.3. The van der Waals surface area contributed by atoms with Gasteiger partial charge < -0.3 is 19.4 Å². The van der Waals surface area contributed by atoms with Crippen LogP contribution in [0.3, 0.4) is 0 Å². The number of rotatable bonds is 57. The van der Waals surface area contributed by atoms with Crippen LogP contribution in [-0.2, 0) is 27.9 Å². The van der Waals surface area contributed by atoms with E-state index in [1.165, 1.54) is 128 Å². The van der Waals surface area contributed by atoms with E-state index in [9.17, 15) is 19.0 Å². The first-order valence-electron chi connectivity index (χ1n) is 32.1. The molecule has 0 aromatic rings. The number of likely N-dealkylation sites (N-methyl/N-ethyl adjacent to an activating group) is 1. The molecule has 0 aromatic heterocycles. The standard InChI is InChI=1S/C68H121N2O7P/c1-7-10-13-16-19-22-25-27-29-30-31-32-33-34-35-36-37-38-39-40-41-43-46-49-52-55-58-61-68(72)77-66(59-56-53-50-47-44-24-21-18-15-12-9-3)65(64-76-78(73,74)75-63-62-70(4,5)6)69-67(71)60-57-54-51-48-45-42-28-26-23-20-17-14-11-8-2/h11,14,19-20,22-23,27-29,31-32,34-35,42,56,59,65-66H,7-10,12-13,15-18,21,24-26,30,33,36-41,43-55,57-58,60-64H2,1-6H3,(H-,69,71,73,74)/p+1/b14-11+,22-19-,23-20+,29-27-,32-31-,35-34-,42-28+,59-56-. The van der Waals surface area contributed by atoms with Crippen molar-refractivity contribution in [1.82, 2.24) is 5.32 Å². The number of hydrogen-bond acceptors (Lipinski definition) is 6. The predicted octanol–water partition coefficient (Wildman–Crippen LogP) is 19.9. The lowest BCUT2D eigenvalue weighted by Gasteiger charge is -2.27.